The first-order valence-corrected chi connectivity index (χ1v) is 7.62. The predicted molar refractivity (Wildman–Crippen MR) is 81.6 cm³/mol. The van der Waals surface area contributed by atoms with Crippen molar-refractivity contribution in [2.24, 2.45) is 5.92 Å². The zero-order chi connectivity index (χ0) is 13.8. The number of nitrogens with zero attached hydrogens (tertiary/aromatic N) is 1. The van der Waals surface area contributed by atoms with Crippen molar-refractivity contribution in [1.82, 2.24) is 0 Å². The van der Waals surface area contributed by atoms with Crippen molar-refractivity contribution in [3.05, 3.63) is 28.2 Å². The first-order chi connectivity index (χ1) is 9.11. The summed E-state index contributed by atoms with van der Waals surface area (Å²) in [6, 6.07) is 6.12. The third-order valence-electron chi connectivity index (χ3n) is 3.72. The normalized spacial score (nSPS) is 21.5. The maximum Gasteiger partial charge on any atom is 0.0762 e. The third kappa shape index (κ3) is 3.71. The summed E-state index contributed by atoms with van der Waals surface area (Å²) in [5.74, 6) is 0.613. The molecule has 0 aromatic heterocycles. The highest BCUT2D eigenvalue weighted by Gasteiger charge is 2.21. The number of aliphatic hydroxyl groups is 1. The van der Waals surface area contributed by atoms with Gasteiger partial charge in [-0.2, -0.15) is 0 Å². The summed E-state index contributed by atoms with van der Waals surface area (Å²) in [5, 5.41) is 9.61. The molecular formula is C15H22BrNO2. The quantitative estimate of drug-likeness (QED) is 0.920. The number of hydrogen-bond donors (Lipinski definition) is 1. The molecule has 4 heteroatoms. The smallest absolute Gasteiger partial charge is 0.0762 e. The van der Waals surface area contributed by atoms with Gasteiger partial charge in [0, 0.05) is 24.7 Å². The zero-order valence-corrected chi connectivity index (χ0v) is 13.2. The van der Waals surface area contributed by atoms with Gasteiger partial charge in [0.2, 0.25) is 0 Å². The van der Waals surface area contributed by atoms with E-state index >= 15 is 0 Å². The SMILES string of the molecule is COCC1CCCN(c2ccc([C@@H](C)O)cc2Br)C1. The number of methoxy groups -OCH3 is 1. The van der Waals surface area contributed by atoms with E-state index in [1.165, 1.54) is 18.5 Å². The average Bonchev–Trinajstić information content (AvgIpc) is 2.39. The Labute approximate surface area is 123 Å². The van der Waals surface area contributed by atoms with E-state index in [0.29, 0.717) is 5.92 Å². The second kappa shape index (κ2) is 6.73. The minimum Gasteiger partial charge on any atom is -0.389 e. The molecule has 1 saturated heterocycles. The van der Waals surface area contributed by atoms with E-state index in [0.717, 1.165) is 29.7 Å². The lowest BCUT2D eigenvalue weighted by atomic mass is 9.98. The minimum atomic E-state index is -0.423. The summed E-state index contributed by atoms with van der Waals surface area (Å²) in [6.07, 6.45) is 2.03. The molecule has 3 nitrogen and oxygen atoms in total. The van der Waals surface area contributed by atoms with E-state index in [4.69, 9.17) is 4.74 Å². The summed E-state index contributed by atoms with van der Waals surface area (Å²) in [7, 11) is 1.77. The lowest BCUT2D eigenvalue weighted by Gasteiger charge is -2.35. The summed E-state index contributed by atoms with van der Waals surface area (Å²) in [4.78, 5) is 2.41. The Hall–Kier alpha value is -0.580. The molecule has 19 heavy (non-hydrogen) atoms. The van der Waals surface area contributed by atoms with Crippen LogP contribution >= 0.6 is 15.9 Å². The number of piperidine rings is 1. The number of anilines is 1. The highest BCUT2D eigenvalue weighted by Crippen LogP contribution is 2.32. The van der Waals surface area contributed by atoms with Crippen LogP contribution in [0.1, 0.15) is 31.4 Å². The van der Waals surface area contributed by atoms with E-state index in [1.54, 1.807) is 14.0 Å². The van der Waals surface area contributed by atoms with Crippen LogP contribution in [0.15, 0.2) is 22.7 Å². The molecular weight excluding hydrogens is 306 g/mol. The molecule has 0 saturated carbocycles. The molecule has 1 aliphatic rings. The predicted octanol–water partition coefficient (Wildman–Crippen LogP) is 3.37. The Morgan fingerprint density at radius 3 is 2.95 bits per heavy atom. The van der Waals surface area contributed by atoms with Gasteiger partial charge < -0.3 is 14.7 Å². The standard InChI is InChI=1S/C15H22BrNO2/c1-11(18)13-5-6-15(14(16)8-13)17-7-3-4-12(9-17)10-19-2/h5-6,8,11-12,18H,3-4,7,9-10H2,1-2H3/t11-,12?/m1/s1. The molecule has 2 rings (SSSR count). The Bertz CT molecular complexity index is 421. The molecule has 0 spiro atoms. The van der Waals surface area contributed by atoms with Crippen LogP contribution in [0.25, 0.3) is 0 Å². The van der Waals surface area contributed by atoms with Gasteiger partial charge in [-0.3, -0.25) is 0 Å². The van der Waals surface area contributed by atoms with E-state index in [9.17, 15) is 5.11 Å². The van der Waals surface area contributed by atoms with Crippen molar-refractivity contribution in [3.8, 4) is 0 Å². The molecule has 1 aromatic carbocycles. The van der Waals surface area contributed by atoms with Gasteiger partial charge in [0.15, 0.2) is 0 Å². The number of hydrogen-bond acceptors (Lipinski definition) is 3. The third-order valence-corrected chi connectivity index (χ3v) is 4.35. The van der Waals surface area contributed by atoms with Crippen LogP contribution in [-0.2, 0) is 4.74 Å². The number of benzene rings is 1. The Morgan fingerprint density at radius 2 is 2.32 bits per heavy atom. The van der Waals surface area contributed by atoms with E-state index in [-0.39, 0.29) is 0 Å². The molecule has 1 heterocycles. The van der Waals surface area contributed by atoms with Crippen molar-refractivity contribution in [3.63, 3.8) is 0 Å². The largest absolute Gasteiger partial charge is 0.389 e. The van der Waals surface area contributed by atoms with E-state index in [2.05, 4.69) is 26.9 Å². The molecule has 2 atom stereocenters. The fourth-order valence-corrected chi connectivity index (χ4v) is 3.34. The first-order valence-electron chi connectivity index (χ1n) is 6.83. The van der Waals surface area contributed by atoms with E-state index < -0.39 is 6.10 Å². The van der Waals surface area contributed by atoms with Crippen molar-refractivity contribution < 1.29 is 9.84 Å². The highest BCUT2D eigenvalue weighted by molar-refractivity contribution is 9.10. The van der Waals surface area contributed by atoms with Gasteiger partial charge in [-0.25, -0.2) is 0 Å². The minimum absolute atomic E-state index is 0.423. The highest BCUT2D eigenvalue weighted by atomic mass is 79.9. The summed E-state index contributed by atoms with van der Waals surface area (Å²) >= 11 is 3.63. The van der Waals surface area contributed by atoms with E-state index in [1.807, 2.05) is 12.1 Å². The van der Waals surface area contributed by atoms with Crippen LogP contribution < -0.4 is 4.90 Å². The zero-order valence-electron chi connectivity index (χ0n) is 11.6. The summed E-state index contributed by atoms with van der Waals surface area (Å²) in [6.45, 7) is 4.75. The topological polar surface area (TPSA) is 32.7 Å². The Kier molecular flexibility index (Phi) is 5.25. The number of aliphatic hydroxyl groups excluding tert-OH is 1. The van der Waals surface area contributed by atoms with Crippen molar-refractivity contribution >= 4 is 21.6 Å². The molecule has 0 bridgehead atoms. The second-order valence-electron chi connectivity index (χ2n) is 5.30. The monoisotopic (exact) mass is 327 g/mol. The molecule has 1 aliphatic heterocycles. The molecule has 1 N–H and O–H groups in total. The van der Waals surface area contributed by atoms with Gasteiger partial charge in [-0.15, -0.1) is 0 Å². The molecule has 0 amide bonds. The molecule has 1 unspecified atom stereocenters. The number of ether oxygens (including phenoxy) is 1. The van der Waals surface area contributed by atoms with Crippen LogP contribution in [-0.4, -0.2) is 31.9 Å². The van der Waals surface area contributed by atoms with Gasteiger partial charge in [-0.1, -0.05) is 6.07 Å². The van der Waals surface area contributed by atoms with Crippen LogP contribution in [0, 0.1) is 5.92 Å². The van der Waals surface area contributed by atoms with Crippen LogP contribution in [0.4, 0.5) is 5.69 Å². The maximum atomic E-state index is 9.61. The summed E-state index contributed by atoms with van der Waals surface area (Å²) in [5.41, 5.74) is 2.16. The Morgan fingerprint density at radius 1 is 1.53 bits per heavy atom. The Balaban J connectivity index is 2.12. The molecule has 1 fully saturated rings. The maximum absolute atomic E-state index is 9.61. The molecule has 0 radical (unpaired) electrons. The van der Waals surface area contributed by atoms with Gasteiger partial charge >= 0.3 is 0 Å². The van der Waals surface area contributed by atoms with Crippen molar-refractivity contribution in [2.75, 3.05) is 31.7 Å². The first kappa shape index (κ1) is 14.8. The average molecular weight is 328 g/mol. The van der Waals surface area contributed by atoms with Crippen molar-refractivity contribution in [2.45, 2.75) is 25.9 Å². The van der Waals surface area contributed by atoms with Gasteiger partial charge in [0.05, 0.1) is 18.4 Å². The fraction of sp³-hybridized carbons (Fsp3) is 0.600. The fourth-order valence-electron chi connectivity index (χ4n) is 2.70. The van der Waals surface area contributed by atoms with Gasteiger partial charge in [0.25, 0.3) is 0 Å². The number of rotatable bonds is 4. The second-order valence-corrected chi connectivity index (χ2v) is 6.15. The summed E-state index contributed by atoms with van der Waals surface area (Å²) < 4.78 is 6.33. The molecule has 1 aromatic rings. The lowest BCUT2D eigenvalue weighted by Crippen LogP contribution is -2.37. The van der Waals surface area contributed by atoms with Crippen LogP contribution in [0.2, 0.25) is 0 Å². The van der Waals surface area contributed by atoms with Gasteiger partial charge in [0.1, 0.15) is 0 Å². The van der Waals surface area contributed by atoms with Crippen LogP contribution in [0.3, 0.4) is 0 Å². The molecule has 106 valence electrons. The van der Waals surface area contributed by atoms with Crippen LogP contribution in [0.5, 0.6) is 0 Å². The number of halogens is 1. The van der Waals surface area contributed by atoms with Crippen molar-refractivity contribution in [1.29, 1.82) is 0 Å². The van der Waals surface area contributed by atoms with Gasteiger partial charge in [-0.05, 0) is 59.3 Å². The lowest BCUT2D eigenvalue weighted by molar-refractivity contribution is 0.143. The molecule has 0 aliphatic carbocycles.